The number of aryl methyl sites for hydroxylation is 2. The summed E-state index contributed by atoms with van der Waals surface area (Å²) in [6, 6.07) is 15.7. The van der Waals surface area contributed by atoms with Crippen molar-refractivity contribution in [1.29, 1.82) is 0 Å². The Morgan fingerprint density at radius 2 is 1.88 bits per heavy atom. The molecule has 1 amide bonds. The van der Waals surface area contributed by atoms with E-state index in [2.05, 4.69) is 66.7 Å². The van der Waals surface area contributed by atoms with E-state index < -0.39 is 0 Å². The van der Waals surface area contributed by atoms with Gasteiger partial charge in [0, 0.05) is 25.0 Å². The number of amides is 1. The van der Waals surface area contributed by atoms with Crippen LogP contribution in [0, 0.1) is 12.8 Å². The van der Waals surface area contributed by atoms with Gasteiger partial charge in [0.05, 0.1) is 0 Å². The van der Waals surface area contributed by atoms with Gasteiger partial charge in [-0.05, 0) is 61.9 Å². The highest BCUT2D eigenvalue weighted by atomic mass is 16.1. The number of carbonyl (C=O) groups is 1. The third-order valence-corrected chi connectivity index (χ3v) is 6.09. The molecule has 136 valence electrons. The van der Waals surface area contributed by atoms with Crippen LogP contribution in [0.15, 0.2) is 42.5 Å². The van der Waals surface area contributed by atoms with Gasteiger partial charge >= 0.3 is 0 Å². The lowest BCUT2D eigenvalue weighted by molar-refractivity contribution is -0.125. The summed E-state index contributed by atoms with van der Waals surface area (Å²) in [6.07, 6.45) is 3.88. The van der Waals surface area contributed by atoms with E-state index in [0.29, 0.717) is 6.04 Å². The summed E-state index contributed by atoms with van der Waals surface area (Å²) in [7, 11) is 2.16. The minimum absolute atomic E-state index is 0.119. The van der Waals surface area contributed by atoms with Gasteiger partial charge in [-0.2, -0.15) is 0 Å². The zero-order valence-electron chi connectivity index (χ0n) is 15.8. The lowest BCUT2D eigenvalue weighted by Crippen LogP contribution is -2.47. The Hall–Kier alpha value is -2.13. The molecule has 0 radical (unpaired) electrons. The Labute approximate surface area is 156 Å². The highest BCUT2D eigenvalue weighted by molar-refractivity contribution is 5.79. The fourth-order valence-electron chi connectivity index (χ4n) is 4.42. The molecule has 1 aliphatic carbocycles. The zero-order valence-corrected chi connectivity index (χ0v) is 15.8. The van der Waals surface area contributed by atoms with Gasteiger partial charge in [0.15, 0.2) is 0 Å². The molecule has 1 aliphatic heterocycles. The van der Waals surface area contributed by atoms with Crippen LogP contribution >= 0.6 is 0 Å². The molecule has 0 unspecified atom stereocenters. The van der Waals surface area contributed by atoms with E-state index in [1.807, 2.05) is 0 Å². The molecule has 3 heteroatoms. The number of nitrogens with zero attached hydrogens (tertiary/aromatic N) is 1. The summed E-state index contributed by atoms with van der Waals surface area (Å²) >= 11 is 0. The Morgan fingerprint density at radius 3 is 2.73 bits per heavy atom. The van der Waals surface area contributed by atoms with E-state index in [-0.39, 0.29) is 11.8 Å². The van der Waals surface area contributed by atoms with Gasteiger partial charge in [-0.1, -0.05) is 48.0 Å². The molecule has 1 heterocycles. The number of nitrogens with one attached hydrogen (secondary N) is 1. The van der Waals surface area contributed by atoms with Gasteiger partial charge in [-0.15, -0.1) is 0 Å². The Balaban J connectivity index is 1.36. The van der Waals surface area contributed by atoms with Gasteiger partial charge in [-0.3, -0.25) is 9.69 Å². The third kappa shape index (κ3) is 3.54. The van der Waals surface area contributed by atoms with Gasteiger partial charge in [0.1, 0.15) is 0 Å². The average Bonchev–Trinajstić information content (AvgIpc) is 2.66. The topological polar surface area (TPSA) is 32.3 Å². The van der Waals surface area contributed by atoms with Crippen LogP contribution in [0.3, 0.4) is 0 Å². The van der Waals surface area contributed by atoms with Crippen molar-refractivity contribution in [3.63, 3.8) is 0 Å². The molecule has 2 aliphatic rings. The second-order valence-electron chi connectivity index (χ2n) is 8.00. The van der Waals surface area contributed by atoms with Crippen molar-refractivity contribution in [2.45, 2.75) is 45.2 Å². The van der Waals surface area contributed by atoms with Crippen LogP contribution < -0.4 is 5.32 Å². The fraction of sp³-hybridized carbons (Fsp3) is 0.435. The van der Waals surface area contributed by atoms with Crippen LogP contribution in [-0.4, -0.2) is 30.4 Å². The number of carbonyl (C=O) groups excluding carboxylic acids is 1. The van der Waals surface area contributed by atoms with Crippen molar-refractivity contribution >= 4 is 5.91 Å². The first-order valence-corrected chi connectivity index (χ1v) is 9.73. The average molecular weight is 348 g/mol. The van der Waals surface area contributed by atoms with E-state index in [1.165, 1.54) is 27.8 Å². The zero-order chi connectivity index (χ0) is 18.1. The van der Waals surface area contributed by atoms with Crippen molar-refractivity contribution in [2.24, 2.45) is 5.92 Å². The fourth-order valence-corrected chi connectivity index (χ4v) is 4.42. The Morgan fingerprint density at radius 1 is 1.08 bits per heavy atom. The van der Waals surface area contributed by atoms with Crippen molar-refractivity contribution < 1.29 is 4.79 Å². The van der Waals surface area contributed by atoms with Crippen LogP contribution in [0.1, 0.15) is 34.2 Å². The minimum Gasteiger partial charge on any atom is -0.354 e. The normalized spacial score (nSPS) is 22.4. The Kier molecular flexibility index (Phi) is 4.82. The summed E-state index contributed by atoms with van der Waals surface area (Å²) in [4.78, 5) is 15.1. The molecule has 2 aromatic carbocycles. The van der Waals surface area contributed by atoms with E-state index in [9.17, 15) is 4.79 Å². The van der Waals surface area contributed by atoms with Crippen LogP contribution in [0.5, 0.6) is 0 Å². The van der Waals surface area contributed by atoms with E-state index in [0.717, 1.165) is 38.8 Å². The number of hydrogen-bond donors (Lipinski definition) is 1. The first-order chi connectivity index (χ1) is 12.6. The molecule has 0 bridgehead atoms. The summed E-state index contributed by atoms with van der Waals surface area (Å²) in [5, 5.41) is 3.25. The van der Waals surface area contributed by atoms with Crippen molar-refractivity contribution in [1.82, 2.24) is 10.2 Å². The SMILES string of the molecule is Cc1ccc2c(c1)C[C@@H](CNC(=O)[C@@H]1CCc3ccccc3C1)N(C)C2. The van der Waals surface area contributed by atoms with E-state index in [1.54, 1.807) is 0 Å². The summed E-state index contributed by atoms with van der Waals surface area (Å²) in [6.45, 7) is 3.85. The molecular weight excluding hydrogens is 320 g/mol. The maximum atomic E-state index is 12.7. The number of likely N-dealkylation sites (N-methyl/N-ethyl adjacent to an activating group) is 1. The summed E-state index contributed by atoms with van der Waals surface area (Å²) in [5.41, 5.74) is 6.93. The molecule has 2 aromatic rings. The molecule has 4 rings (SSSR count). The maximum absolute atomic E-state index is 12.7. The monoisotopic (exact) mass is 348 g/mol. The molecule has 0 fully saturated rings. The predicted molar refractivity (Wildman–Crippen MR) is 105 cm³/mol. The molecule has 2 atom stereocenters. The second kappa shape index (κ2) is 7.24. The van der Waals surface area contributed by atoms with Gasteiger partial charge in [0.2, 0.25) is 5.91 Å². The van der Waals surface area contributed by atoms with Gasteiger partial charge < -0.3 is 5.32 Å². The van der Waals surface area contributed by atoms with Crippen molar-refractivity contribution in [2.75, 3.05) is 13.6 Å². The van der Waals surface area contributed by atoms with Crippen LogP contribution in [0.25, 0.3) is 0 Å². The highest BCUT2D eigenvalue weighted by Gasteiger charge is 2.27. The third-order valence-electron chi connectivity index (χ3n) is 6.09. The Bertz CT molecular complexity index is 814. The smallest absolute Gasteiger partial charge is 0.223 e. The predicted octanol–water partition coefficient (Wildman–Crippen LogP) is 3.27. The lowest BCUT2D eigenvalue weighted by atomic mass is 9.83. The number of fused-ring (bicyclic) bond motifs is 2. The second-order valence-corrected chi connectivity index (χ2v) is 8.00. The molecule has 26 heavy (non-hydrogen) atoms. The molecule has 0 spiro atoms. The lowest BCUT2D eigenvalue weighted by Gasteiger charge is -2.35. The van der Waals surface area contributed by atoms with E-state index in [4.69, 9.17) is 0 Å². The largest absolute Gasteiger partial charge is 0.354 e. The molecule has 1 N–H and O–H groups in total. The molecular formula is C23H28N2O. The number of rotatable bonds is 3. The van der Waals surface area contributed by atoms with Crippen LogP contribution in [0.4, 0.5) is 0 Å². The van der Waals surface area contributed by atoms with Gasteiger partial charge in [0.25, 0.3) is 0 Å². The number of benzene rings is 2. The first-order valence-electron chi connectivity index (χ1n) is 9.73. The maximum Gasteiger partial charge on any atom is 0.223 e. The van der Waals surface area contributed by atoms with Crippen molar-refractivity contribution in [3.05, 3.63) is 70.3 Å². The van der Waals surface area contributed by atoms with Gasteiger partial charge in [-0.25, -0.2) is 0 Å². The molecule has 3 nitrogen and oxygen atoms in total. The summed E-state index contributed by atoms with van der Waals surface area (Å²) in [5.74, 6) is 0.344. The standard InChI is InChI=1S/C23H28N2O/c1-16-7-8-20-15-25(2)22(13-21(20)11-16)14-24-23(26)19-10-9-17-5-3-4-6-18(17)12-19/h3-8,11,19,22H,9-10,12-15H2,1-2H3,(H,24,26)/t19-,22+/m1/s1. The van der Waals surface area contributed by atoms with E-state index >= 15 is 0 Å². The molecule has 0 saturated carbocycles. The first kappa shape index (κ1) is 17.3. The number of hydrogen-bond acceptors (Lipinski definition) is 2. The van der Waals surface area contributed by atoms with Crippen LogP contribution in [0.2, 0.25) is 0 Å². The van der Waals surface area contributed by atoms with Crippen molar-refractivity contribution in [3.8, 4) is 0 Å². The molecule has 0 saturated heterocycles. The van der Waals surface area contributed by atoms with Crippen LogP contribution in [-0.2, 0) is 30.6 Å². The molecule has 0 aromatic heterocycles. The highest BCUT2D eigenvalue weighted by Crippen LogP contribution is 2.26. The minimum atomic E-state index is 0.119. The quantitative estimate of drug-likeness (QED) is 0.923. The summed E-state index contributed by atoms with van der Waals surface area (Å²) < 4.78 is 0.